The van der Waals surface area contributed by atoms with Crippen molar-refractivity contribution in [3.63, 3.8) is 0 Å². The zero-order chi connectivity index (χ0) is 19.8. The fourth-order valence-corrected chi connectivity index (χ4v) is 3.36. The molecular weight excluding hydrogens is 348 g/mol. The summed E-state index contributed by atoms with van der Waals surface area (Å²) in [5.74, 6) is 0.403. The van der Waals surface area contributed by atoms with Crippen LogP contribution >= 0.6 is 0 Å². The third-order valence-electron chi connectivity index (χ3n) is 4.79. The number of carbonyl (C=O) groups excluding carboxylic acids is 1. The Bertz CT molecular complexity index is 867. The van der Waals surface area contributed by atoms with Crippen LogP contribution in [0.15, 0.2) is 91.6 Å². The standard InChI is InChI=1S/C24H24N2O2/c1-3-17-28-22-16-15-21(18-25-22)26-23(27)24(4-2,19-11-7-5-8-12-19)20-13-9-6-10-14-20/h3,5-16,18H,1,4,17H2,2H3,(H,26,27). The minimum absolute atomic E-state index is 0.0889. The van der Waals surface area contributed by atoms with Crippen molar-refractivity contribution in [2.75, 3.05) is 11.9 Å². The summed E-state index contributed by atoms with van der Waals surface area (Å²) < 4.78 is 5.40. The summed E-state index contributed by atoms with van der Waals surface area (Å²) in [5.41, 5.74) is 1.75. The molecule has 1 heterocycles. The van der Waals surface area contributed by atoms with Crippen LogP contribution in [0.3, 0.4) is 0 Å². The van der Waals surface area contributed by atoms with Crippen molar-refractivity contribution in [2.45, 2.75) is 18.8 Å². The number of hydrogen-bond acceptors (Lipinski definition) is 3. The van der Waals surface area contributed by atoms with Crippen molar-refractivity contribution in [3.8, 4) is 5.88 Å². The average molecular weight is 372 g/mol. The molecule has 1 N–H and O–H groups in total. The molecule has 1 amide bonds. The molecule has 0 radical (unpaired) electrons. The molecule has 4 heteroatoms. The summed E-state index contributed by atoms with van der Waals surface area (Å²) >= 11 is 0. The van der Waals surface area contributed by atoms with E-state index in [9.17, 15) is 4.79 Å². The van der Waals surface area contributed by atoms with Crippen LogP contribution in [0.2, 0.25) is 0 Å². The van der Waals surface area contributed by atoms with Crippen molar-refractivity contribution < 1.29 is 9.53 Å². The molecule has 1 aromatic heterocycles. The maximum atomic E-state index is 13.5. The fraction of sp³-hybridized carbons (Fsp3) is 0.167. The molecule has 0 saturated carbocycles. The predicted octanol–water partition coefficient (Wildman–Crippen LogP) is 4.98. The quantitative estimate of drug-likeness (QED) is 0.567. The molecule has 0 aliphatic carbocycles. The first-order valence-electron chi connectivity index (χ1n) is 9.33. The number of hydrogen-bond donors (Lipinski definition) is 1. The summed E-state index contributed by atoms with van der Waals surface area (Å²) in [5, 5.41) is 3.04. The molecule has 0 aliphatic rings. The number of nitrogens with zero attached hydrogens (tertiary/aromatic N) is 1. The van der Waals surface area contributed by atoms with Crippen LogP contribution in [0.5, 0.6) is 5.88 Å². The lowest BCUT2D eigenvalue weighted by Gasteiger charge is -2.32. The van der Waals surface area contributed by atoms with Gasteiger partial charge < -0.3 is 10.1 Å². The van der Waals surface area contributed by atoms with Gasteiger partial charge in [0.05, 0.1) is 17.3 Å². The Hall–Kier alpha value is -3.40. The van der Waals surface area contributed by atoms with E-state index in [4.69, 9.17) is 4.74 Å². The molecular formula is C24H24N2O2. The van der Waals surface area contributed by atoms with Crippen LogP contribution in [-0.2, 0) is 10.2 Å². The van der Waals surface area contributed by atoms with Crippen LogP contribution in [0.4, 0.5) is 5.69 Å². The monoisotopic (exact) mass is 372 g/mol. The van der Waals surface area contributed by atoms with Gasteiger partial charge in [-0.15, -0.1) is 0 Å². The van der Waals surface area contributed by atoms with E-state index in [0.29, 0.717) is 24.6 Å². The summed E-state index contributed by atoms with van der Waals surface area (Å²) in [4.78, 5) is 17.8. The summed E-state index contributed by atoms with van der Waals surface area (Å²) in [6.45, 7) is 6.04. The number of carbonyl (C=O) groups is 1. The lowest BCUT2D eigenvalue weighted by atomic mass is 9.71. The van der Waals surface area contributed by atoms with Gasteiger partial charge in [0.15, 0.2) is 0 Å². The molecule has 3 aromatic rings. The SMILES string of the molecule is C=CCOc1ccc(NC(=O)C(CC)(c2ccccc2)c2ccccc2)cn1. The van der Waals surface area contributed by atoms with E-state index >= 15 is 0 Å². The van der Waals surface area contributed by atoms with E-state index in [1.165, 1.54) is 0 Å². The van der Waals surface area contributed by atoms with Gasteiger partial charge in [-0.25, -0.2) is 4.98 Å². The molecule has 28 heavy (non-hydrogen) atoms. The molecule has 0 aliphatic heterocycles. The highest BCUT2D eigenvalue weighted by Gasteiger charge is 2.40. The van der Waals surface area contributed by atoms with Gasteiger partial charge in [-0.3, -0.25) is 4.79 Å². The lowest BCUT2D eigenvalue weighted by molar-refractivity contribution is -0.120. The second-order valence-corrected chi connectivity index (χ2v) is 6.43. The largest absolute Gasteiger partial charge is 0.473 e. The van der Waals surface area contributed by atoms with Gasteiger partial charge in [0.2, 0.25) is 11.8 Å². The van der Waals surface area contributed by atoms with E-state index in [1.54, 1.807) is 24.4 Å². The molecule has 0 unspecified atom stereocenters. The van der Waals surface area contributed by atoms with Gasteiger partial charge in [-0.1, -0.05) is 80.2 Å². The molecule has 4 nitrogen and oxygen atoms in total. The van der Waals surface area contributed by atoms with Crippen molar-refractivity contribution in [3.05, 3.63) is 103 Å². The van der Waals surface area contributed by atoms with Gasteiger partial charge in [-0.2, -0.15) is 0 Å². The van der Waals surface area contributed by atoms with Gasteiger partial charge in [0, 0.05) is 6.07 Å². The van der Waals surface area contributed by atoms with Crippen LogP contribution in [-0.4, -0.2) is 17.5 Å². The molecule has 0 saturated heterocycles. The third kappa shape index (κ3) is 3.96. The van der Waals surface area contributed by atoms with E-state index in [2.05, 4.69) is 16.9 Å². The average Bonchev–Trinajstić information content (AvgIpc) is 2.76. The van der Waals surface area contributed by atoms with Crippen molar-refractivity contribution in [2.24, 2.45) is 0 Å². The highest BCUT2D eigenvalue weighted by atomic mass is 16.5. The number of rotatable bonds is 8. The Balaban J connectivity index is 1.94. The Morgan fingerprint density at radius 2 is 1.64 bits per heavy atom. The third-order valence-corrected chi connectivity index (χ3v) is 4.79. The number of nitrogens with one attached hydrogen (secondary N) is 1. The Labute approximate surface area is 165 Å². The Morgan fingerprint density at radius 1 is 1.04 bits per heavy atom. The van der Waals surface area contributed by atoms with Crippen LogP contribution in [0, 0.1) is 0 Å². The second-order valence-electron chi connectivity index (χ2n) is 6.43. The minimum Gasteiger partial charge on any atom is -0.473 e. The minimum atomic E-state index is -0.791. The second kappa shape index (κ2) is 9.00. The highest BCUT2D eigenvalue weighted by Crippen LogP contribution is 2.37. The summed E-state index contributed by atoms with van der Waals surface area (Å²) in [6.07, 6.45) is 3.89. The lowest BCUT2D eigenvalue weighted by Crippen LogP contribution is -2.41. The Kier molecular flexibility index (Phi) is 6.22. The van der Waals surface area contributed by atoms with Gasteiger partial charge in [-0.05, 0) is 23.6 Å². The molecule has 0 fully saturated rings. The van der Waals surface area contributed by atoms with Gasteiger partial charge >= 0.3 is 0 Å². The number of ether oxygens (including phenoxy) is 1. The molecule has 0 spiro atoms. The highest BCUT2D eigenvalue weighted by molar-refractivity contribution is 6.01. The first-order valence-corrected chi connectivity index (χ1v) is 9.33. The zero-order valence-corrected chi connectivity index (χ0v) is 16.0. The van der Waals surface area contributed by atoms with Crippen LogP contribution < -0.4 is 10.1 Å². The van der Waals surface area contributed by atoms with Crippen molar-refractivity contribution >= 4 is 11.6 Å². The van der Waals surface area contributed by atoms with E-state index in [1.807, 2.05) is 67.6 Å². The maximum absolute atomic E-state index is 13.5. The number of aromatic nitrogens is 1. The first kappa shape index (κ1) is 19.4. The van der Waals surface area contributed by atoms with Gasteiger partial charge in [0.1, 0.15) is 6.61 Å². The molecule has 2 aromatic carbocycles. The van der Waals surface area contributed by atoms with E-state index in [-0.39, 0.29) is 5.91 Å². The number of benzene rings is 2. The number of pyridine rings is 1. The number of amides is 1. The summed E-state index contributed by atoms with van der Waals surface area (Å²) in [7, 11) is 0. The van der Waals surface area contributed by atoms with Crippen LogP contribution in [0.1, 0.15) is 24.5 Å². The molecule has 142 valence electrons. The van der Waals surface area contributed by atoms with Crippen molar-refractivity contribution in [1.29, 1.82) is 0 Å². The molecule has 0 atom stereocenters. The zero-order valence-electron chi connectivity index (χ0n) is 16.0. The smallest absolute Gasteiger partial charge is 0.239 e. The molecule has 3 rings (SSSR count). The maximum Gasteiger partial charge on any atom is 0.239 e. The normalized spacial score (nSPS) is 10.9. The summed E-state index contributed by atoms with van der Waals surface area (Å²) in [6, 6.07) is 23.3. The predicted molar refractivity (Wildman–Crippen MR) is 113 cm³/mol. The van der Waals surface area contributed by atoms with Crippen LogP contribution in [0.25, 0.3) is 0 Å². The van der Waals surface area contributed by atoms with E-state index < -0.39 is 5.41 Å². The fourth-order valence-electron chi connectivity index (χ4n) is 3.36. The molecule has 0 bridgehead atoms. The van der Waals surface area contributed by atoms with Gasteiger partial charge in [0.25, 0.3) is 0 Å². The topological polar surface area (TPSA) is 51.2 Å². The van der Waals surface area contributed by atoms with E-state index in [0.717, 1.165) is 11.1 Å². The number of anilines is 1. The first-order chi connectivity index (χ1) is 13.7. The Morgan fingerprint density at radius 3 is 2.11 bits per heavy atom. The van der Waals surface area contributed by atoms with Crippen molar-refractivity contribution in [1.82, 2.24) is 4.98 Å².